The number of nitrogen functional groups attached to an aromatic ring is 1. The van der Waals surface area contributed by atoms with Gasteiger partial charge in [0.15, 0.2) is 0 Å². The van der Waals surface area contributed by atoms with Crippen LogP contribution < -0.4 is 11.1 Å². The number of rotatable bonds is 5. The second-order valence-corrected chi connectivity index (χ2v) is 4.44. The van der Waals surface area contributed by atoms with Gasteiger partial charge >= 0.3 is 0 Å². The molecule has 0 aliphatic rings. The van der Waals surface area contributed by atoms with Crippen molar-refractivity contribution in [3.05, 3.63) is 5.69 Å². The summed E-state index contributed by atoms with van der Waals surface area (Å²) in [6, 6.07) is 0.445. The molecular formula is C11H22N4O. The van der Waals surface area contributed by atoms with E-state index in [0.29, 0.717) is 12.1 Å². The third-order valence-electron chi connectivity index (χ3n) is 2.57. The molecule has 0 saturated heterocycles. The fourth-order valence-electron chi connectivity index (χ4n) is 1.58. The zero-order chi connectivity index (χ0) is 12.3. The molecule has 5 nitrogen and oxygen atoms in total. The van der Waals surface area contributed by atoms with E-state index in [0.717, 1.165) is 11.5 Å². The van der Waals surface area contributed by atoms with Gasteiger partial charge in [-0.25, -0.2) is 4.68 Å². The van der Waals surface area contributed by atoms with Gasteiger partial charge in [-0.1, -0.05) is 0 Å². The summed E-state index contributed by atoms with van der Waals surface area (Å²) in [6.45, 7) is 8.21. The Kier molecular flexibility index (Phi) is 4.18. The lowest BCUT2D eigenvalue weighted by Gasteiger charge is -2.17. The fourth-order valence-corrected chi connectivity index (χ4v) is 1.58. The quantitative estimate of drug-likeness (QED) is 0.711. The topological polar surface area (TPSA) is 76.1 Å². The maximum absolute atomic E-state index is 8.87. The van der Waals surface area contributed by atoms with E-state index in [1.54, 1.807) is 0 Å². The first kappa shape index (κ1) is 12.8. The molecule has 0 fully saturated rings. The zero-order valence-electron chi connectivity index (χ0n) is 10.5. The molecular weight excluding hydrogens is 204 g/mol. The van der Waals surface area contributed by atoms with Gasteiger partial charge in [0.2, 0.25) is 0 Å². The maximum atomic E-state index is 8.87. The van der Waals surface area contributed by atoms with E-state index in [-0.39, 0.29) is 18.7 Å². The minimum absolute atomic E-state index is 0.170. The lowest BCUT2D eigenvalue weighted by atomic mass is 10.2. The Morgan fingerprint density at radius 2 is 2.06 bits per heavy atom. The van der Waals surface area contributed by atoms with Gasteiger partial charge in [-0.05, 0) is 34.1 Å². The van der Waals surface area contributed by atoms with Gasteiger partial charge in [-0.3, -0.25) is 0 Å². The minimum Gasteiger partial charge on any atom is -0.396 e. The molecule has 1 atom stereocenters. The molecule has 1 aromatic heterocycles. The van der Waals surface area contributed by atoms with Crippen molar-refractivity contribution in [1.29, 1.82) is 0 Å². The molecule has 5 heteroatoms. The summed E-state index contributed by atoms with van der Waals surface area (Å²) in [5.41, 5.74) is 7.51. The Balaban J connectivity index is 2.92. The number of aliphatic hydroxyl groups is 1. The third kappa shape index (κ3) is 2.66. The average Bonchev–Trinajstić information content (AvgIpc) is 2.46. The number of aliphatic hydroxyl groups excluding tert-OH is 1. The van der Waals surface area contributed by atoms with Crippen molar-refractivity contribution in [1.82, 2.24) is 9.78 Å². The molecule has 0 aromatic carbocycles. The first-order valence-corrected chi connectivity index (χ1v) is 5.69. The van der Waals surface area contributed by atoms with Gasteiger partial charge < -0.3 is 16.2 Å². The Morgan fingerprint density at radius 1 is 1.44 bits per heavy atom. The van der Waals surface area contributed by atoms with Crippen molar-refractivity contribution in [3.8, 4) is 0 Å². The first-order valence-electron chi connectivity index (χ1n) is 5.69. The summed E-state index contributed by atoms with van der Waals surface area (Å²) >= 11 is 0. The van der Waals surface area contributed by atoms with Crippen LogP contribution in [0.15, 0.2) is 0 Å². The third-order valence-corrected chi connectivity index (χ3v) is 2.57. The summed E-state index contributed by atoms with van der Waals surface area (Å²) in [6.07, 6.45) is 0.696. The van der Waals surface area contributed by atoms with Crippen LogP contribution in [0.2, 0.25) is 0 Å². The highest BCUT2D eigenvalue weighted by atomic mass is 16.3. The molecule has 0 aliphatic heterocycles. The average molecular weight is 226 g/mol. The number of hydrogen-bond acceptors (Lipinski definition) is 4. The van der Waals surface area contributed by atoms with Crippen molar-refractivity contribution in [2.45, 2.75) is 46.2 Å². The van der Waals surface area contributed by atoms with Crippen LogP contribution in [-0.4, -0.2) is 27.5 Å². The molecule has 0 saturated carbocycles. The number of nitrogens with two attached hydrogens (primary N) is 1. The molecule has 1 unspecified atom stereocenters. The van der Waals surface area contributed by atoms with Crippen molar-refractivity contribution >= 4 is 11.5 Å². The number of aryl methyl sites for hydroxylation is 1. The molecule has 0 spiro atoms. The monoisotopic (exact) mass is 226 g/mol. The van der Waals surface area contributed by atoms with Crippen molar-refractivity contribution < 1.29 is 5.11 Å². The summed E-state index contributed by atoms with van der Waals surface area (Å²) in [4.78, 5) is 0. The zero-order valence-corrected chi connectivity index (χ0v) is 10.5. The highest BCUT2D eigenvalue weighted by Gasteiger charge is 2.15. The van der Waals surface area contributed by atoms with Crippen LogP contribution in [0.1, 0.15) is 38.9 Å². The molecule has 0 aliphatic carbocycles. The van der Waals surface area contributed by atoms with Crippen molar-refractivity contribution in [2.75, 3.05) is 17.7 Å². The normalized spacial score (nSPS) is 13.1. The smallest absolute Gasteiger partial charge is 0.148 e. The SMILES string of the molecule is Cc1nn(C(C)C)c(NC(C)CCO)c1N. The minimum atomic E-state index is 0.170. The van der Waals surface area contributed by atoms with Gasteiger partial charge in [0.1, 0.15) is 5.82 Å². The lowest BCUT2D eigenvalue weighted by Crippen LogP contribution is -2.20. The molecule has 1 aromatic rings. The van der Waals surface area contributed by atoms with E-state index in [4.69, 9.17) is 10.8 Å². The summed E-state index contributed by atoms with van der Waals surface area (Å²) in [5.74, 6) is 0.855. The van der Waals surface area contributed by atoms with Crippen LogP contribution in [-0.2, 0) is 0 Å². The summed E-state index contributed by atoms with van der Waals surface area (Å²) < 4.78 is 1.89. The van der Waals surface area contributed by atoms with Gasteiger partial charge in [0, 0.05) is 18.7 Å². The van der Waals surface area contributed by atoms with Gasteiger partial charge in [0.25, 0.3) is 0 Å². The van der Waals surface area contributed by atoms with Gasteiger partial charge in [-0.15, -0.1) is 0 Å². The Hall–Kier alpha value is -1.23. The van der Waals surface area contributed by atoms with Crippen LogP contribution in [0.4, 0.5) is 11.5 Å². The van der Waals surface area contributed by atoms with E-state index < -0.39 is 0 Å². The molecule has 1 heterocycles. The summed E-state index contributed by atoms with van der Waals surface area (Å²) in [5, 5.41) is 16.6. The fraction of sp³-hybridized carbons (Fsp3) is 0.727. The van der Waals surface area contributed by atoms with Crippen LogP contribution in [0.5, 0.6) is 0 Å². The van der Waals surface area contributed by atoms with Crippen molar-refractivity contribution in [2.24, 2.45) is 0 Å². The van der Waals surface area contributed by atoms with E-state index >= 15 is 0 Å². The standard InChI is InChI=1S/C11H22N4O/c1-7(2)15-11(10(12)9(4)14-15)13-8(3)5-6-16/h7-8,13,16H,5-6,12H2,1-4H3. The molecule has 0 amide bonds. The highest BCUT2D eigenvalue weighted by molar-refractivity contribution is 5.65. The second-order valence-electron chi connectivity index (χ2n) is 4.44. The molecule has 4 N–H and O–H groups in total. The number of aromatic nitrogens is 2. The van der Waals surface area contributed by atoms with Crippen LogP contribution in [0.3, 0.4) is 0 Å². The molecule has 0 radical (unpaired) electrons. The van der Waals surface area contributed by atoms with E-state index in [2.05, 4.69) is 24.3 Å². The van der Waals surface area contributed by atoms with Gasteiger partial charge in [0.05, 0.1) is 11.4 Å². The highest BCUT2D eigenvalue weighted by Crippen LogP contribution is 2.26. The van der Waals surface area contributed by atoms with Crippen LogP contribution in [0.25, 0.3) is 0 Å². The lowest BCUT2D eigenvalue weighted by molar-refractivity contribution is 0.282. The number of nitrogens with zero attached hydrogens (tertiary/aromatic N) is 2. The van der Waals surface area contributed by atoms with Gasteiger partial charge in [-0.2, -0.15) is 5.10 Å². The predicted molar refractivity (Wildman–Crippen MR) is 66.5 cm³/mol. The maximum Gasteiger partial charge on any atom is 0.148 e. The van der Waals surface area contributed by atoms with Crippen LogP contribution in [0, 0.1) is 6.92 Å². The largest absolute Gasteiger partial charge is 0.396 e. The van der Waals surface area contributed by atoms with Crippen molar-refractivity contribution in [3.63, 3.8) is 0 Å². The molecule has 1 rings (SSSR count). The van der Waals surface area contributed by atoms with Crippen LogP contribution >= 0.6 is 0 Å². The number of nitrogens with one attached hydrogen (secondary N) is 1. The van der Waals surface area contributed by atoms with E-state index in [1.165, 1.54) is 0 Å². The molecule has 0 bridgehead atoms. The van der Waals surface area contributed by atoms with E-state index in [9.17, 15) is 0 Å². The Labute approximate surface area is 96.6 Å². The molecule has 92 valence electrons. The second kappa shape index (κ2) is 5.21. The van der Waals surface area contributed by atoms with E-state index in [1.807, 2.05) is 18.5 Å². The summed E-state index contributed by atoms with van der Waals surface area (Å²) in [7, 11) is 0. The number of anilines is 2. The molecule has 16 heavy (non-hydrogen) atoms. The Morgan fingerprint density at radius 3 is 2.56 bits per heavy atom. The number of hydrogen-bond donors (Lipinski definition) is 3. The Bertz CT molecular complexity index is 346. The first-order chi connectivity index (χ1) is 7.47. The predicted octanol–water partition coefficient (Wildman–Crippen LogP) is 1.54.